The third-order valence-electron chi connectivity index (χ3n) is 3.62. The van der Waals surface area contributed by atoms with Gasteiger partial charge in [-0.1, -0.05) is 0 Å². The zero-order chi connectivity index (χ0) is 11.5. The van der Waals surface area contributed by atoms with Crippen molar-refractivity contribution in [2.45, 2.75) is 25.7 Å². The van der Waals surface area contributed by atoms with E-state index in [-0.39, 0.29) is 11.7 Å². The lowest BCUT2D eigenvalue weighted by molar-refractivity contribution is 0.0863. The Kier molecular flexibility index (Phi) is 3.39. The van der Waals surface area contributed by atoms with Gasteiger partial charge in [0.1, 0.15) is 5.69 Å². The van der Waals surface area contributed by atoms with E-state index < -0.39 is 0 Å². The highest BCUT2D eigenvalue weighted by Gasteiger charge is 2.27. The van der Waals surface area contributed by atoms with Crippen LogP contribution in [0.5, 0.6) is 0 Å². The van der Waals surface area contributed by atoms with Crippen molar-refractivity contribution in [2.75, 3.05) is 6.54 Å². The molecule has 1 aromatic heterocycles. The maximum atomic E-state index is 12.2. The van der Waals surface area contributed by atoms with Crippen molar-refractivity contribution in [1.29, 1.82) is 0 Å². The fraction of sp³-hybridized carbons (Fsp3) is 0.667. The molecule has 0 saturated heterocycles. The van der Waals surface area contributed by atoms with Gasteiger partial charge < -0.3 is 5.73 Å². The number of aromatic nitrogens is 2. The number of Topliss-reactive ketones (excluding diaryl/α,β-unsaturated/α-hetero) is 1. The molecular weight excluding hydrogens is 202 g/mol. The predicted octanol–water partition coefficient (Wildman–Crippen LogP) is 1.37. The summed E-state index contributed by atoms with van der Waals surface area (Å²) in [7, 11) is 1.82. The average Bonchev–Trinajstić information content (AvgIpc) is 2.75. The predicted molar refractivity (Wildman–Crippen MR) is 62.0 cm³/mol. The van der Waals surface area contributed by atoms with Crippen LogP contribution in [0.1, 0.15) is 36.2 Å². The summed E-state index contributed by atoms with van der Waals surface area (Å²) >= 11 is 0. The molecule has 2 rings (SSSR count). The van der Waals surface area contributed by atoms with Crippen molar-refractivity contribution in [1.82, 2.24) is 9.78 Å². The van der Waals surface area contributed by atoms with Crippen LogP contribution in [0.4, 0.5) is 0 Å². The first-order valence-electron chi connectivity index (χ1n) is 5.94. The van der Waals surface area contributed by atoms with E-state index in [1.165, 1.54) is 0 Å². The quantitative estimate of drug-likeness (QED) is 0.784. The zero-order valence-corrected chi connectivity index (χ0v) is 9.72. The summed E-state index contributed by atoms with van der Waals surface area (Å²) in [5, 5.41) is 4.04. The van der Waals surface area contributed by atoms with E-state index >= 15 is 0 Å². The van der Waals surface area contributed by atoms with E-state index in [0.29, 0.717) is 5.92 Å². The van der Waals surface area contributed by atoms with Crippen LogP contribution in [0.15, 0.2) is 12.3 Å². The fourth-order valence-corrected chi connectivity index (χ4v) is 2.49. The number of rotatable bonds is 3. The van der Waals surface area contributed by atoms with E-state index in [0.717, 1.165) is 37.9 Å². The molecule has 2 N–H and O–H groups in total. The van der Waals surface area contributed by atoms with Gasteiger partial charge in [-0.2, -0.15) is 5.10 Å². The standard InChI is InChI=1S/C12H19N3O/c1-15-11(6-7-14-15)12(16)10-4-2-9(8-13)3-5-10/h6-7,9-10H,2-5,8,13H2,1H3. The minimum absolute atomic E-state index is 0.179. The summed E-state index contributed by atoms with van der Waals surface area (Å²) in [6.45, 7) is 0.757. The van der Waals surface area contributed by atoms with Gasteiger partial charge in [0.05, 0.1) is 0 Å². The normalized spacial score (nSPS) is 25.6. The van der Waals surface area contributed by atoms with E-state index in [1.807, 2.05) is 7.05 Å². The Labute approximate surface area is 95.8 Å². The summed E-state index contributed by atoms with van der Waals surface area (Å²) < 4.78 is 1.66. The molecule has 4 heteroatoms. The molecule has 4 nitrogen and oxygen atoms in total. The van der Waals surface area contributed by atoms with E-state index in [4.69, 9.17) is 5.73 Å². The third kappa shape index (κ3) is 2.16. The summed E-state index contributed by atoms with van der Waals surface area (Å²) in [5.74, 6) is 1.05. The maximum Gasteiger partial charge on any atom is 0.183 e. The second kappa shape index (κ2) is 4.78. The van der Waals surface area contributed by atoms with Gasteiger partial charge in [0.15, 0.2) is 5.78 Å². The van der Waals surface area contributed by atoms with Gasteiger partial charge in [-0.25, -0.2) is 0 Å². The number of nitrogens with two attached hydrogens (primary N) is 1. The lowest BCUT2D eigenvalue weighted by atomic mass is 9.79. The van der Waals surface area contributed by atoms with Crippen LogP contribution in [0.3, 0.4) is 0 Å². The summed E-state index contributed by atoms with van der Waals surface area (Å²) in [4.78, 5) is 12.2. The minimum Gasteiger partial charge on any atom is -0.330 e. The molecule has 1 fully saturated rings. The molecule has 0 spiro atoms. The van der Waals surface area contributed by atoms with Crippen molar-refractivity contribution < 1.29 is 4.79 Å². The average molecular weight is 221 g/mol. The smallest absolute Gasteiger partial charge is 0.183 e. The van der Waals surface area contributed by atoms with Crippen LogP contribution >= 0.6 is 0 Å². The number of hydrogen-bond donors (Lipinski definition) is 1. The van der Waals surface area contributed by atoms with Crippen LogP contribution < -0.4 is 5.73 Å². The van der Waals surface area contributed by atoms with Crippen LogP contribution in [-0.4, -0.2) is 22.1 Å². The largest absolute Gasteiger partial charge is 0.330 e. The molecule has 88 valence electrons. The fourth-order valence-electron chi connectivity index (χ4n) is 2.49. The number of hydrogen-bond acceptors (Lipinski definition) is 3. The Hall–Kier alpha value is -1.16. The third-order valence-corrected chi connectivity index (χ3v) is 3.62. The molecule has 1 saturated carbocycles. The van der Waals surface area contributed by atoms with Crippen molar-refractivity contribution in [2.24, 2.45) is 24.6 Å². The monoisotopic (exact) mass is 221 g/mol. The molecule has 1 aliphatic rings. The number of carbonyl (C=O) groups is 1. The Morgan fingerprint density at radius 3 is 2.69 bits per heavy atom. The molecule has 0 amide bonds. The number of ketones is 1. The zero-order valence-electron chi connectivity index (χ0n) is 9.72. The first-order chi connectivity index (χ1) is 7.72. The van der Waals surface area contributed by atoms with Gasteiger partial charge in [-0.15, -0.1) is 0 Å². The number of aryl methyl sites for hydroxylation is 1. The van der Waals surface area contributed by atoms with Gasteiger partial charge in [0, 0.05) is 19.2 Å². The highest BCUT2D eigenvalue weighted by atomic mass is 16.1. The Bertz CT molecular complexity index is 364. The molecule has 0 radical (unpaired) electrons. The minimum atomic E-state index is 0.179. The van der Waals surface area contributed by atoms with Crippen LogP contribution in [0.2, 0.25) is 0 Å². The van der Waals surface area contributed by atoms with Gasteiger partial charge in [0.2, 0.25) is 0 Å². The molecule has 0 aromatic carbocycles. The van der Waals surface area contributed by atoms with E-state index in [2.05, 4.69) is 5.10 Å². The maximum absolute atomic E-state index is 12.2. The molecule has 1 heterocycles. The van der Waals surface area contributed by atoms with E-state index in [9.17, 15) is 4.79 Å². The molecule has 1 aliphatic carbocycles. The Morgan fingerprint density at radius 1 is 1.50 bits per heavy atom. The van der Waals surface area contributed by atoms with Crippen LogP contribution in [-0.2, 0) is 7.05 Å². The lowest BCUT2D eigenvalue weighted by Crippen LogP contribution is -2.26. The molecule has 16 heavy (non-hydrogen) atoms. The first-order valence-corrected chi connectivity index (χ1v) is 5.94. The van der Waals surface area contributed by atoms with Gasteiger partial charge in [-0.3, -0.25) is 9.48 Å². The van der Waals surface area contributed by atoms with Crippen molar-refractivity contribution in [3.63, 3.8) is 0 Å². The summed E-state index contributed by atoms with van der Waals surface area (Å²) in [6.07, 6.45) is 5.81. The molecular formula is C12H19N3O. The summed E-state index contributed by atoms with van der Waals surface area (Å²) in [6, 6.07) is 1.80. The molecule has 0 atom stereocenters. The lowest BCUT2D eigenvalue weighted by Gasteiger charge is -2.26. The molecule has 0 unspecified atom stereocenters. The van der Waals surface area contributed by atoms with Crippen molar-refractivity contribution in [3.05, 3.63) is 18.0 Å². The van der Waals surface area contributed by atoms with Crippen molar-refractivity contribution in [3.8, 4) is 0 Å². The number of nitrogens with zero attached hydrogens (tertiary/aromatic N) is 2. The highest BCUT2D eigenvalue weighted by molar-refractivity contribution is 5.96. The number of carbonyl (C=O) groups excluding carboxylic acids is 1. The molecule has 1 aromatic rings. The van der Waals surface area contributed by atoms with E-state index in [1.54, 1.807) is 16.9 Å². The van der Waals surface area contributed by atoms with Crippen LogP contribution in [0, 0.1) is 11.8 Å². The van der Waals surface area contributed by atoms with Gasteiger partial charge >= 0.3 is 0 Å². The van der Waals surface area contributed by atoms with Crippen LogP contribution in [0.25, 0.3) is 0 Å². The second-order valence-electron chi connectivity index (χ2n) is 4.66. The SMILES string of the molecule is Cn1nccc1C(=O)C1CCC(CN)CC1. The molecule has 0 aliphatic heterocycles. The van der Waals surface area contributed by atoms with Gasteiger partial charge in [0.25, 0.3) is 0 Å². The summed E-state index contributed by atoms with van der Waals surface area (Å²) in [5.41, 5.74) is 6.38. The molecule has 0 bridgehead atoms. The Morgan fingerprint density at radius 2 is 2.19 bits per heavy atom. The highest BCUT2D eigenvalue weighted by Crippen LogP contribution is 2.30. The first kappa shape index (κ1) is 11.3. The van der Waals surface area contributed by atoms with Crippen molar-refractivity contribution >= 4 is 5.78 Å². The Balaban J connectivity index is 2.00. The van der Waals surface area contributed by atoms with Gasteiger partial charge in [-0.05, 0) is 44.2 Å². The second-order valence-corrected chi connectivity index (χ2v) is 4.66. The topological polar surface area (TPSA) is 60.9 Å².